The summed E-state index contributed by atoms with van der Waals surface area (Å²) in [7, 11) is -2.08. The smallest absolute Gasteiger partial charge is 0.337 e. The second-order valence-corrected chi connectivity index (χ2v) is 6.88. The van der Waals surface area contributed by atoms with Crippen molar-refractivity contribution in [1.29, 1.82) is 0 Å². The van der Waals surface area contributed by atoms with E-state index in [2.05, 4.69) is 4.90 Å². The second kappa shape index (κ2) is 5.80. The Morgan fingerprint density at radius 3 is 2.33 bits per heavy atom. The van der Waals surface area contributed by atoms with Crippen LogP contribution >= 0.6 is 11.6 Å². The molecule has 116 valence electrons. The summed E-state index contributed by atoms with van der Waals surface area (Å²) in [6.45, 7) is 2.76. The lowest BCUT2D eigenvalue weighted by Crippen LogP contribution is -2.45. The zero-order valence-corrected chi connectivity index (χ0v) is 13.0. The quantitative estimate of drug-likeness (QED) is 0.831. The molecule has 0 aliphatic carbocycles. The van der Waals surface area contributed by atoms with Gasteiger partial charge in [-0.2, -0.15) is 0 Å². The zero-order valence-electron chi connectivity index (χ0n) is 11.4. The molecule has 0 atom stereocenters. The van der Waals surface area contributed by atoms with E-state index in [0.717, 1.165) is 19.2 Å². The van der Waals surface area contributed by atoms with E-state index in [1.165, 1.54) is 6.07 Å². The highest BCUT2D eigenvalue weighted by molar-refractivity contribution is 7.89. The van der Waals surface area contributed by atoms with Crippen molar-refractivity contribution >= 4 is 33.3 Å². The predicted molar refractivity (Wildman–Crippen MR) is 79.5 cm³/mol. The van der Waals surface area contributed by atoms with Crippen LogP contribution in [0.25, 0.3) is 0 Å². The SMILES string of the molecule is CN1CCN(c2cc(Cl)c(C(=O)O)cc2S(N)(=O)=O)CC1. The Hall–Kier alpha value is -1.35. The molecular formula is C12H16ClN3O4S. The van der Waals surface area contributed by atoms with E-state index in [0.29, 0.717) is 18.8 Å². The van der Waals surface area contributed by atoms with Crippen LogP contribution in [0.2, 0.25) is 5.02 Å². The molecule has 0 radical (unpaired) electrons. The molecule has 9 heteroatoms. The van der Waals surface area contributed by atoms with E-state index >= 15 is 0 Å². The number of rotatable bonds is 3. The number of hydrogen-bond donors (Lipinski definition) is 2. The van der Waals surface area contributed by atoms with Crippen LogP contribution in [0.1, 0.15) is 10.4 Å². The Kier molecular flexibility index (Phi) is 4.43. The lowest BCUT2D eigenvalue weighted by Gasteiger charge is -2.35. The standard InChI is InChI=1S/C12H16ClN3O4S/c1-15-2-4-16(5-3-15)10-7-9(13)8(12(17)18)6-11(10)21(14,19)20/h6-7H,2-5H2,1H3,(H,17,18)(H2,14,19,20). The summed E-state index contributed by atoms with van der Waals surface area (Å²) in [5, 5.41) is 14.3. The number of nitrogens with two attached hydrogens (primary N) is 1. The summed E-state index contributed by atoms with van der Waals surface area (Å²) in [6.07, 6.45) is 0. The summed E-state index contributed by atoms with van der Waals surface area (Å²) in [5.74, 6) is -1.30. The van der Waals surface area contributed by atoms with E-state index < -0.39 is 16.0 Å². The van der Waals surface area contributed by atoms with Crippen molar-refractivity contribution in [2.24, 2.45) is 5.14 Å². The average Bonchev–Trinajstić information content (AvgIpc) is 2.37. The topological polar surface area (TPSA) is 104 Å². The fraction of sp³-hybridized carbons (Fsp3) is 0.417. The van der Waals surface area contributed by atoms with Gasteiger partial charge in [0.05, 0.1) is 16.3 Å². The van der Waals surface area contributed by atoms with Crippen LogP contribution in [0, 0.1) is 0 Å². The summed E-state index contributed by atoms with van der Waals surface area (Å²) in [4.78, 5) is 14.8. The molecule has 0 saturated carbocycles. The number of benzene rings is 1. The fourth-order valence-electron chi connectivity index (χ4n) is 2.23. The zero-order chi connectivity index (χ0) is 15.8. The van der Waals surface area contributed by atoms with Crippen molar-refractivity contribution in [3.8, 4) is 0 Å². The molecule has 0 spiro atoms. The van der Waals surface area contributed by atoms with Crippen LogP contribution in [0.4, 0.5) is 5.69 Å². The molecule has 0 unspecified atom stereocenters. The minimum Gasteiger partial charge on any atom is -0.478 e. The molecule has 7 nitrogen and oxygen atoms in total. The van der Waals surface area contributed by atoms with Crippen molar-refractivity contribution in [3.63, 3.8) is 0 Å². The van der Waals surface area contributed by atoms with E-state index in [4.69, 9.17) is 21.8 Å². The number of carboxylic acid groups (broad SMARTS) is 1. The average molecular weight is 334 g/mol. The normalized spacial score (nSPS) is 17.0. The van der Waals surface area contributed by atoms with Gasteiger partial charge in [0.25, 0.3) is 0 Å². The maximum atomic E-state index is 11.8. The van der Waals surface area contributed by atoms with Crippen LogP contribution in [0.5, 0.6) is 0 Å². The van der Waals surface area contributed by atoms with Crippen molar-refractivity contribution in [3.05, 3.63) is 22.7 Å². The van der Waals surface area contributed by atoms with Gasteiger partial charge in [0, 0.05) is 26.2 Å². The first-order valence-corrected chi connectivity index (χ1v) is 8.15. The first kappa shape index (κ1) is 16.0. The predicted octanol–water partition coefficient (Wildman–Crippen LogP) is 0.437. The molecule has 1 aliphatic rings. The van der Waals surface area contributed by atoms with Gasteiger partial charge in [-0.1, -0.05) is 11.6 Å². The Morgan fingerprint density at radius 2 is 1.86 bits per heavy atom. The minimum atomic E-state index is -4.05. The molecule has 3 N–H and O–H groups in total. The number of sulfonamides is 1. The highest BCUT2D eigenvalue weighted by Crippen LogP contribution is 2.31. The molecule has 1 saturated heterocycles. The van der Waals surface area contributed by atoms with Crippen molar-refractivity contribution in [2.45, 2.75) is 4.90 Å². The van der Waals surface area contributed by atoms with Crippen LogP contribution in [-0.4, -0.2) is 57.6 Å². The van der Waals surface area contributed by atoms with Gasteiger partial charge in [-0.05, 0) is 19.2 Å². The number of anilines is 1. The van der Waals surface area contributed by atoms with Gasteiger partial charge >= 0.3 is 5.97 Å². The monoisotopic (exact) mass is 333 g/mol. The number of likely N-dealkylation sites (N-methyl/N-ethyl adjacent to an activating group) is 1. The molecule has 1 aromatic carbocycles. The van der Waals surface area contributed by atoms with Gasteiger partial charge in [0.15, 0.2) is 0 Å². The first-order chi connectivity index (χ1) is 9.70. The summed E-state index contributed by atoms with van der Waals surface area (Å²) in [5.41, 5.74) is 0.0687. The lowest BCUT2D eigenvalue weighted by molar-refractivity contribution is 0.0697. The maximum absolute atomic E-state index is 11.8. The van der Waals surface area contributed by atoms with Gasteiger partial charge in [-0.25, -0.2) is 18.4 Å². The Labute approximate surface area is 127 Å². The molecule has 0 amide bonds. The Morgan fingerprint density at radius 1 is 1.29 bits per heavy atom. The lowest BCUT2D eigenvalue weighted by atomic mass is 10.1. The molecule has 0 bridgehead atoms. The van der Waals surface area contributed by atoms with Crippen LogP contribution in [0.3, 0.4) is 0 Å². The van der Waals surface area contributed by atoms with Gasteiger partial charge in [0.1, 0.15) is 4.90 Å². The number of primary sulfonamides is 1. The third-order valence-electron chi connectivity index (χ3n) is 3.43. The van der Waals surface area contributed by atoms with Gasteiger partial charge in [0.2, 0.25) is 10.0 Å². The number of carbonyl (C=O) groups is 1. The third kappa shape index (κ3) is 3.46. The maximum Gasteiger partial charge on any atom is 0.337 e. The Balaban J connectivity index is 2.54. The van der Waals surface area contributed by atoms with Crippen molar-refractivity contribution in [2.75, 3.05) is 38.1 Å². The summed E-state index contributed by atoms with van der Waals surface area (Å²) in [6, 6.07) is 2.38. The number of aromatic carboxylic acids is 1. The minimum absolute atomic E-state index is 0.0103. The highest BCUT2D eigenvalue weighted by atomic mass is 35.5. The summed E-state index contributed by atoms with van der Waals surface area (Å²) >= 11 is 5.94. The van der Waals surface area contributed by atoms with Crippen LogP contribution in [0.15, 0.2) is 17.0 Å². The molecular weight excluding hydrogens is 318 g/mol. The molecule has 1 heterocycles. The van der Waals surface area contributed by atoms with Gasteiger partial charge < -0.3 is 14.9 Å². The fourth-order valence-corrected chi connectivity index (χ4v) is 3.23. The van der Waals surface area contributed by atoms with E-state index in [1.807, 2.05) is 11.9 Å². The molecule has 1 fully saturated rings. The molecule has 0 aromatic heterocycles. The third-order valence-corrected chi connectivity index (χ3v) is 4.68. The molecule has 1 aliphatic heterocycles. The Bertz CT molecular complexity index is 669. The van der Waals surface area contributed by atoms with Crippen LogP contribution < -0.4 is 10.0 Å². The molecule has 21 heavy (non-hydrogen) atoms. The van der Waals surface area contributed by atoms with E-state index in [1.54, 1.807) is 0 Å². The van der Waals surface area contributed by atoms with E-state index in [-0.39, 0.29) is 15.5 Å². The largest absolute Gasteiger partial charge is 0.478 e. The van der Waals surface area contributed by atoms with E-state index in [9.17, 15) is 13.2 Å². The molecule has 1 aromatic rings. The number of carboxylic acids is 1. The summed E-state index contributed by atoms with van der Waals surface area (Å²) < 4.78 is 23.5. The number of nitrogens with zero attached hydrogens (tertiary/aromatic N) is 2. The van der Waals surface area contributed by atoms with Gasteiger partial charge in [-0.3, -0.25) is 0 Å². The number of piperazine rings is 1. The second-order valence-electron chi connectivity index (χ2n) is 4.94. The van der Waals surface area contributed by atoms with Crippen molar-refractivity contribution < 1.29 is 18.3 Å². The van der Waals surface area contributed by atoms with Crippen LogP contribution in [-0.2, 0) is 10.0 Å². The van der Waals surface area contributed by atoms with Gasteiger partial charge in [-0.15, -0.1) is 0 Å². The number of hydrogen-bond acceptors (Lipinski definition) is 5. The molecule has 2 rings (SSSR count). The van der Waals surface area contributed by atoms with Crippen molar-refractivity contribution in [1.82, 2.24) is 4.90 Å². The number of halogens is 1. The highest BCUT2D eigenvalue weighted by Gasteiger charge is 2.25. The first-order valence-electron chi connectivity index (χ1n) is 6.23.